The third kappa shape index (κ3) is 46.6. The van der Waals surface area contributed by atoms with Crippen LogP contribution in [0.5, 0.6) is 0 Å². The van der Waals surface area contributed by atoms with E-state index in [4.69, 9.17) is 0 Å². The van der Waals surface area contributed by atoms with Gasteiger partial charge in [0.25, 0.3) is 0 Å². The lowest BCUT2D eigenvalue weighted by molar-refractivity contribution is -0.125. The summed E-state index contributed by atoms with van der Waals surface area (Å²) in [7, 11) is 0. The van der Waals surface area contributed by atoms with Crippen LogP contribution in [-0.4, -0.2) is 46.1 Å². The Morgan fingerprint density at radius 1 is 0.400 bits per heavy atom. The molecular weight excluding hydrogens is 739 g/mol. The van der Waals surface area contributed by atoms with E-state index < -0.39 is 18.2 Å². The Hall–Kier alpha value is -0.910. The first-order chi connectivity index (χ1) is 29.5. The van der Waals surface area contributed by atoms with Crippen molar-refractivity contribution in [2.75, 3.05) is 6.61 Å². The third-order valence-electron chi connectivity index (χ3n) is 13.1. The fraction of sp³-hybridized carbons (Fsp3) is 0.945. The van der Waals surface area contributed by atoms with Gasteiger partial charge in [0.2, 0.25) is 5.91 Å². The van der Waals surface area contributed by atoms with Crippen molar-refractivity contribution in [1.29, 1.82) is 0 Å². The van der Waals surface area contributed by atoms with Crippen molar-refractivity contribution in [2.24, 2.45) is 0 Å². The van der Waals surface area contributed by atoms with Gasteiger partial charge in [-0.1, -0.05) is 276 Å². The molecule has 5 nitrogen and oxygen atoms in total. The highest BCUT2D eigenvalue weighted by atomic mass is 16.3. The van der Waals surface area contributed by atoms with Crippen molar-refractivity contribution in [1.82, 2.24) is 5.32 Å². The molecule has 358 valence electrons. The number of hydrogen-bond donors (Lipinski definition) is 4. The summed E-state index contributed by atoms with van der Waals surface area (Å²) in [5, 5.41) is 33.6. The van der Waals surface area contributed by atoms with E-state index in [2.05, 4.69) is 31.3 Å². The average molecular weight is 848 g/mol. The summed E-state index contributed by atoms with van der Waals surface area (Å²) in [6.07, 6.45) is 62.2. The van der Waals surface area contributed by atoms with Gasteiger partial charge in [-0.2, -0.15) is 0 Å². The summed E-state index contributed by atoms with van der Waals surface area (Å²) in [6.45, 7) is 4.30. The first-order valence-corrected chi connectivity index (χ1v) is 27.5. The van der Waals surface area contributed by atoms with E-state index in [1.807, 2.05) is 0 Å². The van der Waals surface area contributed by atoms with Gasteiger partial charge in [-0.05, 0) is 38.5 Å². The molecule has 3 atom stereocenters. The highest BCUT2D eigenvalue weighted by molar-refractivity contribution is 5.76. The highest BCUT2D eigenvalue weighted by Crippen LogP contribution is 2.18. The van der Waals surface area contributed by atoms with Crippen LogP contribution in [-0.2, 0) is 4.79 Å². The maximum atomic E-state index is 12.5. The van der Waals surface area contributed by atoms with Gasteiger partial charge in [0, 0.05) is 0 Å². The van der Waals surface area contributed by atoms with Gasteiger partial charge in [-0.3, -0.25) is 4.79 Å². The number of aliphatic hydroxyl groups excluding tert-OH is 3. The topological polar surface area (TPSA) is 89.8 Å². The van der Waals surface area contributed by atoms with Crippen LogP contribution in [0.25, 0.3) is 0 Å². The molecule has 0 aromatic rings. The van der Waals surface area contributed by atoms with Crippen molar-refractivity contribution in [3.05, 3.63) is 12.2 Å². The lowest BCUT2D eigenvalue weighted by atomic mass is 10.0. The van der Waals surface area contributed by atoms with Crippen molar-refractivity contribution in [3.8, 4) is 0 Å². The minimum atomic E-state index is -0.747. The SMILES string of the molecule is CCCCCCCCCCCCCC/C=C\CCCCCCCCCCCCCCC(O)CC(=O)NC(CO)C(O)CCCCCCCCCCCCCCCCCCC. The quantitative estimate of drug-likeness (QED) is 0.0363. The van der Waals surface area contributed by atoms with Crippen molar-refractivity contribution >= 4 is 5.91 Å². The number of nitrogens with one attached hydrogen (secondary N) is 1. The number of unbranched alkanes of at least 4 members (excludes halogenated alkanes) is 40. The molecule has 0 spiro atoms. The molecule has 0 aliphatic heterocycles. The Labute approximate surface area is 376 Å². The monoisotopic (exact) mass is 848 g/mol. The lowest BCUT2D eigenvalue weighted by Crippen LogP contribution is -2.46. The largest absolute Gasteiger partial charge is 0.394 e. The van der Waals surface area contributed by atoms with Crippen LogP contribution in [0.15, 0.2) is 12.2 Å². The van der Waals surface area contributed by atoms with E-state index >= 15 is 0 Å². The molecule has 60 heavy (non-hydrogen) atoms. The van der Waals surface area contributed by atoms with Crippen LogP contribution in [0.2, 0.25) is 0 Å². The van der Waals surface area contributed by atoms with E-state index in [9.17, 15) is 20.1 Å². The second-order valence-corrected chi connectivity index (χ2v) is 19.2. The fourth-order valence-electron chi connectivity index (χ4n) is 8.87. The van der Waals surface area contributed by atoms with Gasteiger partial charge in [0.15, 0.2) is 0 Å². The molecular formula is C55H109NO4. The van der Waals surface area contributed by atoms with E-state index in [0.717, 1.165) is 25.7 Å². The Kier molecular flexibility index (Phi) is 50.0. The minimum absolute atomic E-state index is 0.0402. The maximum Gasteiger partial charge on any atom is 0.222 e. The van der Waals surface area contributed by atoms with Gasteiger partial charge in [-0.25, -0.2) is 0 Å². The number of carbonyl (C=O) groups is 1. The molecule has 0 bridgehead atoms. The smallest absolute Gasteiger partial charge is 0.222 e. The molecule has 0 radical (unpaired) electrons. The molecule has 0 fully saturated rings. The average Bonchev–Trinajstić information content (AvgIpc) is 3.24. The fourth-order valence-corrected chi connectivity index (χ4v) is 8.87. The molecule has 0 heterocycles. The predicted octanol–water partition coefficient (Wildman–Crippen LogP) is 16.7. The van der Waals surface area contributed by atoms with Gasteiger partial charge < -0.3 is 20.6 Å². The number of hydrogen-bond acceptors (Lipinski definition) is 4. The second kappa shape index (κ2) is 50.7. The van der Waals surface area contributed by atoms with Crippen molar-refractivity contribution in [2.45, 2.75) is 327 Å². The first-order valence-electron chi connectivity index (χ1n) is 27.5. The van der Waals surface area contributed by atoms with Crippen molar-refractivity contribution in [3.63, 3.8) is 0 Å². The van der Waals surface area contributed by atoms with Crippen LogP contribution in [0.1, 0.15) is 309 Å². The van der Waals surface area contributed by atoms with Gasteiger partial charge in [0.05, 0.1) is 31.3 Å². The number of aliphatic hydroxyl groups is 3. The first kappa shape index (κ1) is 59.1. The lowest BCUT2D eigenvalue weighted by Gasteiger charge is -2.23. The number of rotatable bonds is 51. The Morgan fingerprint density at radius 2 is 0.667 bits per heavy atom. The van der Waals surface area contributed by atoms with E-state index in [1.165, 1.54) is 250 Å². The maximum absolute atomic E-state index is 12.5. The second-order valence-electron chi connectivity index (χ2n) is 19.2. The van der Waals surface area contributed by atoms with E-state index in [0.29, 0.717) is 12.8 Å². The molecule has 0 rings (SSSR count). The Balaban J connectivity index is 3.50. The summed E-state index contributed by atoms with van der Waals surface area (Å²) in [5.74, 6) is -0.278. The molecule has 0 aromatic carbocycles. The standard InChI is InChI=1S/C55H109NO4/c1-3-5-7-9-11-13-15-17-19-21-22-23-24-25-26-27-28-29-30-31-33-34-36-38-40-42-44-46-48-52(58)50-55(60)56-53(51-57)54(59)49-47-45-43-41-39-37-35-32-20-18-16-14-12-10-8-6-4-2/h25-26,52-54,57-59H,3-24,27-51H2,1-2H3,(H,56,60)/b26-25-. The minimum Gasteiger partial charge on any atom is -0.394 e. The number of amides is 1. The number of carbonyl (C=O) groups excluding carboxylic acids is 1. The van der Waals surface area contributed by atoms with Crippen LogP contribution in [0.3, 0.4) is 0 Å². The van der Waals surface area contributed by atoms with Crippen LogP contribution >= 0.6 is 0 Å². The third-order valence-corrected chi connectivity index (χ3v) is 13.1. The summed E-state index contributed by atoms with van der Waals surface area (Å²) in [5.41, 5.74) is 0. The van der Waals surface area contributed by atoms with E-state index in [-0.39, 0.29) is 18.9 Å². The molecule has 3 unspecified atom stereocenters. The van der Waals surface area contributed by atoms with Gasteiger partial charge in [-0.15, -0.1) is 0 Å². The van der Waals surface area contributed by atoms with Crippen LogP contribution < -0.4 is 5.32 Å². The summed E-state index contributed by atoms with van der Waals surface area (Å²) in [6, 6.07) is -0.656. The summed E-state index contributed by atoms with van der Waals surface area (Å²) in [4.78, 5) is 12.5. The van der Waals surface area contributed by atoms with E-state index in [1.54, 1.807) is 0 Å². The summed E-state index contributed by atoms with van der Waals surface area (Å²) < 4.78 is 0. The zero-order valence-corrected chi connectivity index (χ0v) is 40.9. The normalized spacial score (nSPS) is 13.3. The zero-order chi connectivity index (χ0) is 43.7. The molecule has 0 aromatic heterocycles. The van der Waals surface area contributed by atoms with Crippen molar-refractivity contribution < 1.29 is 20.1 Å². The zero-order valence-electron chi connectivity index (χ0n) is 40.9. The predicted molar refractivity (Wildman–Crippen MR) is 264 cm³/mol. The van der Waals surface area contributed by atoms with Crippen LogP contribution in [0, 0.1) is 0 Å². The molecule has 5 heteroatoms. The van der Waals surface area contributed by atoms with Gasteiger partial charge in [0.1, 0.15) is 0 Å². The Bertz CT molecular complexity index is 848. The highest BCUT2D eigenvalue weighted by Gasteiger charge is 2.21. The molecule has 0 saturated carbocycles. The summed E-state index contributed by atoms with van der Waals surface area (Å²) >= 11 is 0. The van der Waals surface area contributed by atoms with Gasteiger partial charge >= 0.3 is 0 Å². The number of allylic oxidation sites excluding steroid dienone is 2. The van der Waals surface area contributed by atoms with Crippen LogP contribution in [0.4, 0.5) is 0 Å². The molecule has 0 saturated heterocycles. The Morgan fingerprint density at radius 3 is 0.967 bits per heavy atom. The molecule has 1 amide bonds. The molecule has 0 aliphatic carbocycles. The molecule has 0 aliphatic rings. The molecule has 4 N–H and O–H groups in total.